The van der Waals surface area contributed by atoms with E-state index in [1.54, 1.807) is 29.0 Å². The first-order chi connectivity index (χ1) is 22.2. The first-order valence-electron chi connectivity index (χ1n) is 14.8. The topological polar surface area (TPSA) is 120 Å². The fourth-order valence-electron chi connectivity index (χ4n) is 6.51. The summed E-state index contributed by atoms with van der Waals surface area (Å²) < 4.78 is 47.0. The molecule has 9 nitrogen and oxygen atoms in total. The van der Waals surface area contributed by atoms with Gasteiger partial charge in [0, 0.05) is 30.6 Å². The minimum atomic E-state index is -1.67. The van der Waals surface area contributed by atoms with Crippen molar-refractivity contribution in [1.29, 1.82) is 5.26 Å². The Morgan fingerprint density at radius 2 is 1.83 bits per heavy atom. The maximum absolute atomic E-state index is 15.5. The van der Waals surface area contributed by atoms with Gasteiger partial charge in [0.05, 0.1) is 39.4 Å². The van der Waals surface area contributed by atoms with E-state index in [1.165, 1.54) is 16.7 Å². The monoisotopic (exact) mass is 685 g/mol. The van der Waals surface area contributed by atoms with E-state index in [4.69, 9.17) is 28.9 Å². The number of anilines is 2. The molecule has 1 saturated heterocycles. The molecule has 2 aliphatic heterocycles. The van der Waals surface area contributed by atoms with Crippen molar-refractivity contribution >= 4 is 57.2 Å². The summed E-state index contributed by atoms with van der Waals surface area (Å²) in [7, 11) is 0. The van der Waals surface area contributed by atoms with Crippen LogP contribution in [0.2, 0.25) is 10.0 Å². The van der Waals surface area contributed by atoms with Crippen LogP contribution in [0.4, 0.5) is 24.5 Å². The second kappa shape index (κ2) is 12.6. The number of carbonyl (C=O) groups is 1. The van der Waals surface area contributed by atoms with Crippen molar-refractivity contribution < 1.29 is 18.0 Å². The van der Waals surface area contributed by atoms with Crippen LogP contribution in [0.5, 0.6) is 0 Å². The summed E-state index contributed by atoms with van der Waals surface area (Å²) in [5, 5.41) is 12.7. The molecule has 0 spiro atoms. The van der Waals surface area contributed by atoms with Crippen LogP contribution in [0.3, 0.4) is 0 Å². The number of nitrogens with one attached hydrogen (secondary N) is 1. The number of halogens is 5. The molecule has 1 unspecified atom stereocenters. The SMILES string of the molecule is C=CC(=O)N1[C@H](C)CN(c2c(C#N)c(=O)n(C3=C(C)C=CNC3C(C)C)c3nc(-c4c(F)c(N)c(Cl)c(F)c4F)c(Cl)cc23)C[C@@H]1C. The predicted molar refractivity (Wildman–Crippen MR) is 178 cm³/mol. The van der Waals surface area contributed by atoms with Crippen LogP contribution in [0.1, 0.15) is 40.2 Å². The van der Waals surface area contributed by atoms with Gasteiger partial charge >= 0.3 is 0 Å². The highest BCUT2D eigenvalue weighted by atomic mass is 35.5. The van der Waals surface area contributed by atoms with E-state index >= 15 is 8.78 Å². The van der Waals surface area contributed by atoms with E-state index < -0.39 is 51.0 Å². The van der Waals surface area contributed by atoms with Gasteiger partial charge in [0.25, 0.3) is 5.56 Å². The van der Waals surface area contributed by atoms with E-state index in [2.05, 4.69) is 22.9 Å². The summed E-state index contributed by atoms with van der Waals surface area (Å²) in [6.45, 7) is 13.3. The smallest absolute Gasteiger partial charge is 0.276 e. The molecule has 3 atom stereocenters. The lowest BCUT2D eigenvalue weighted by molar-refractivity contribution is -0.130. The quantitative estimate of drug-likeness (QED) is 0.142. The fourth-order valence-corrected chi connectivity index (χ4v) is 6.92. The van der Waals surface area contributed by atoms with Crippen molar-refractivity contribution in [1.82, 2.24) is 19.8 Å². The second-order valence-electron chi connectivity index (χ2n) is 12.1. The van der Waals surface area contributed by atoms with Gasteiger partial charge in [-0.3, -0.25) is 14.2 Å². The molecular formula is C33H32Cl2F3N7O2. The Labute approximate surface area is 279 Å². The van der Waals surface area contributed by atoms with Crippen LogP contribution >= 0.6 is 23.2 Å². The van der Waals surface area contributed by atoms with Crippen molar-refractivity contribution in [3.8, 4) is 17.3 Å². The van der Waals surface area contributed by atoms with Crippen molar-refractivity contribution in [2.24, 2.45) is 5.92 Å². The van der Waals surface area contributed by atoms with E-state index in [1.807, 2.05) is 27.7 Å². The third-order valence-corrected chi connectivity index (χ3v) is 9.26. The molecule has 4 heterocycles. The number of allylic oxidation sites excluding steroid dienone is 2. The molecule has 246 valence electrons. The van der Waals surface area contributed by atoms with Gasteiger partial charge in [-0.15, -0.1) is 0 Å². The van der Waals surface area contributed by atoms with E-state index in [9.17, 15) is 19.2 Å². The van der Waals surface area contributed by atoms with Crippen molar-refractivity contribution in [3.05, 3.63) is 80.0 Å². The van der Waals surface area contributed by atoms with Gasteiger partial charge in [-0.1, -0.05) is 43.6 Å². The van der Waals surface area contributed by atoms with Gasteiger partial charge in [0.2, 0.25) is 5.91 Å². The van der Waals surface area contributed by atoms with Gasteiger partial charge in [0.1, 0.15) is 22.3 Å². The average Bonchev–Trinajstić information content (AvgIpc) is 3.02. The highest BCUT2D eigenvalue weighted by Crippen LogP contribution is 2.42. The van der Waals surface area contributed by atoms with Gasteiger partial charge < -0.3 is 20.9 Å². The summed E-state index contributed by atoms with van der Waals surface area (Å²) in [4.78, 5) is 35.2. The number of hydrogen-bond acceptors (Lipinski definition) is 7. The standard InChI is InChI=1S/C33H32Cl2F3N7O2/c1-7-21(46)44-16(5)12-43(13-17(44)6)31-18-10-20(34)29(22-24(36)26(38)23(35)27(40)25(22)37)42-32(18)45(33(47)19(31)11-39)30-15(4)8-9-41-28(30)14(2)3/h7-10,14,16-17,28,41H,1,12-13,40H2,2-6H3/t16-,17+,28?. The Hall–Kier alpha value is -4.47. The Morgan fingerprint density at radius 3 is 2.40 bits per heavy atom. The fraction of sp³-hybridized carbons (Fsp3) is 0.333. The number of benzene rings is 1. The first-order valence-corrected chi connectivity index (χ1v) is 15.6. The molecule has 0 radical (unpaired) electrons. The van der Waals surface area contributed by atoms with Crippen LogP contribution < -0.4 is 21.5 Å². The lowest BCUT2D eigenvalue weighted by atomic mass is 9.94. The largest absolute Gasteiger partial charge is 0.395 e. The molecule has 1 amide bonds. The van der Waals surface area contributed by atoms with Gasteiger partial charge in [-0.2, -0.15) is 5.26 Å². The van der Waals surface area contributed by atoms with Crippen LogP contribution in [0.15, 0.2) is 41.4 Å². The first kappa shape index (κ1) is 33.9. The van der Waals surface area contributed by atoms with Crippen LogP contribution in [0, 0.1) is 34.7 Å². The Kier molecular flexibility index (Phi) is 9.10. The lowest BCUT2D eigenvalue weighted by Gasteiger charge is -2.45. The molecule has 0 bridgehead atoms. The highest BCUT2D eigenvalue weighted by Gasteiger charge is 2.37. The molecule has 0 aliphatic carbocycles. The number of amides is 1. The zero-order chi connectivity index (χ0) is 34.6. The third-order valence-electron chi connectivity index (χ3n) is 8.60. The number of carbonyl (C=O) groups excluding carboxylic acids is 1. The number of fused-ring (bicyclic) bond motifs is 1. The van der Waals surface area contributed by atoms with Gasteiger partial charge in [-0.05, 0) is 56.7 Å². The number of aromatic nitrogens is 2. The van der Waals surface area contributed by atoms with Gasteiger partial charge in [0.15, 0.2) is 17.5 Å². The normalized spacial score (nSPS) is 19.7. The molecule has 5 rings (SSSR count). The molecule has 2 aromatic heterocycles. The molecule has 47 heavy (non-hydrogen) atoms. The minimum absolute atomic E-state index is 0.0685. The molecule has 1 fully saturated rings. The zero-order valence-electron chi connectivity index (χ0n) is 26.3. The maximum Gasteiger partial charge on any atom is 0.276 e. The second-order valence-corrected chi connectivity index (χ2v) is 12.8. The number of rotatable bonds is 5. The number of nitrogens with zero attached hydrogens (tertiary/aromatic N) is 5. The van der Waals surface area contributed by atoms with E-state index in [-0.39, 0.29) is 64.3 Å². The zero-order valence-corrected chi connectivity index (χ0v) is 27.8. The summed E-state index contributed by atoms with van der Waals surface area (Å²) in [6.07, 6.45) is 4.71. The average molecular weight is 687 g/mol. The molecule has 3 N–H and O–H groups in total. The summed E-state index contributed by atoms with van der Waals surface area (Å²) >= 11 is 12.4. The number of piperazine rings is 1. The molecule has 3 aromatic rings. The van der Waals surface area contributed by atoms with Crippen LogP contribution in [0.25, 0.3) is 28.0 Å². The Bertz CT molecular complexity index is 1980. The molecule has 14 heteroatoms. The number of hydrogen-bond donors (Lipinski definition) is 2. The number of pyridine rings is 2. The number of dihydropyridines is 1. The van der Waals surface area contributed by atoms with Gasteiger partial charge in [-0.25, -0.2) is 18.2 Å². The molecular weight excluding hydrogens is 654 g/mol. The number of nitrogen functional groups attached to an aromatic ring is 1. The maximum atomic E-state index is 15.5. The summed E-state index contributed by atoms with van der Waals surface area (Å²) in [5.41, 5.74) is 3.62. The van der Waals surface area contributed by atoms with Crippen LogP contribution in [-0.2, 0) is 4.79 Å². The predicted octanol–water partition coefficient (Wildman–Crippen LogP) is 6.23. The number of nitriles is 1. The van der Waals surface area contributed by atoms with Crippen molar-refractivity contribution in [2.45, 2.75) is 52.7 Å². The third kappa shape index (κ3) is 5.41. The molecule has 1 aromatic carbocycles. The number of nitrogens with two attached hydrogens (primary N) is 1. The molecule has 2 aliphatic rings. The Balaban J connectivity index is 1.92. The molecule has 0 saturated carbocycles. The van der Waals surface area contributed by atoms with E-state index in [0.29, 0.717) is 11.3 Å². The minimum Gasteiger partial charge on any atom is -0.395 e. The van der Waals surface area contributed by atoms with Crippen LogP contribution in [-0.4, -0.2) is 51.6 Å². The Morgan fingerprint density at radius 1 is 1.19 bits per heavy atom. The highest BCUT2D eigenvalue weighted by molar-refractivity contribution is 6.35. The summed E-state index contributed by atoms with van der Waals surface area (Å²) in [5.74, 6) is -4.97. The van der Waals surface area contributed by atoms with E-state index in [0.717, 1.165) is 0 Å². The lowest BCUT2D eigenvalue weighted by Crippen LogP contribution is -2.58. The van der Waals surface area contributed by atoms with Crippen molar-refractivity contribution in [2.75, 3.05) is 23.7 Å². The summed E-state index contributed by atoms with van der Waals surface area (Å²) in [6, 6.07) is 2.25. The van der Waals surface area contributed by atoms with Crippen molar-refractivity contribution in [3.63, 3.8) is 0 Å².